The van der Waals surface area contributed by atoms with Crippen LogP contribution in [-0.2, 0) is 16.0 Å². The minimum atomic E-state index is -0.383. The summed E-state index contributed by atoms with van der Waals surface area (Å²) in [6, 6.07) is 0.553. The van der Waals surface area contributed by atoms with Crippen LogP contribution in [0.4, 0.5) is 0 Å². The van der Waals surface area contributed by atoms with Gasteiger partial charge < -0.3 is 19.7 Å². The zero-order valence-corrected chi connectivity index (χ0v) is 16.5. The first-order chi connectivity index (χ1) is 12.5. The number of hydrogen-bond donors (Lipinski definition) is 1. The fourth-order valence-corrected chi connectivity index (χ4v) is 3.23. The van der Waals surface area contributed by atoms with E-state index in [1.807, 2.05) is 13.8 Å². The minimum Gasteiger partial charge on any atom is -0.351 e. The number of nitrogens with one attached hydrogen (secondary N) is 1. The molecule has 1 aliphatic rings. The summed E-state index contributed by atoms with van der Waals surface area (Å²) in [7, 11) is 0. The lowest BCUT2D eigenvalue weighted by atomic mass is 9.97. The topological polar surface area (TPSA) is 81.5 Å². The van der Waals surface area contributed by atoms with Gasteiger partial charge >= 0.3 is 0 Å². The third kappa shape index (κ3) is 6.34. The van der Waals surface area contributed by atoms with Gasteiger partial charge in [-0.1, -0.05) is 5.21 Å². The van der Waals surface area contributed by atoms with Gasteiger partial charge in [-0.3, -0.25) is 4.79 Å². The van der Waals surface area contributed by atoms with Crippen molar-refractivity contribution in [1.29, 1.82) is 0 Å². The molecule has 148 valence electrons. The Kier molecular flexibility index (Phi) is 8.47. The van der Waals surface area contributed by atoms with Crippen molar-refractivity contribution in [3.8, 4) is 0 Å². The predicted octanol–water partition coefficient (Wildman–Crippen LogP) is 1.53. The Labute approximate surface area is 156 Å². The molecule has 2 heterocycles. The van der Waals surface area contributed by atoms with Crippen LogP contribution in [0.2, 0.25) is 0 Å². The molecule has 1 N–H and O–H groups in total. The van der Waals surface area contributed by atoms with E-state index in [2.05, 4.69) is 34.4 Å². The van der Waals surface area contributed by atoms with Crippen LogP contribution in [0, 0.1) is 5.92 Å². The van der Waals surface area contributed by atoms with E-state index >= 15 is 0 Å². The zero-order valence-electron chi connectivity index (χ0n) is 16.5. The first-order valence-electron chi connectivity index (χ1n) is 9.69. The molecule has 0 saturated carbocycles. The lowest BCUT2D eigenvalue weighted by molar-refractivity contribution is -0.145. The van der Waals surface area contributed by atoms with E-state index in [9.17, 15) is 4.79 Å². The maximum absolute atomic E-state index is 12.4. The van der Waals surface area contributed by atoms with E-state index in [0.717, 1.165) is 19.5 Å². The standard InChI is InChI=1S/C18H33N5O3/c1-5-25-17(26-6-2)13-23-12-16(20-21-23)18(24)19-10-15-8-7-9-22(11-15)14(3)4/h12,14-15,17H,5-11,13H2,1-4H3,(H,19,24). The van der Waals surface area contributed by atoms with Gasteiger partial charge in [-0.25, -0.2) is 4.68 Å². The summed E-state index contributed by atoms with van der Waals surface area (Å²) >= 11 is 0. The summed E-state index contributed by atoms with van der Waals surface area (Å²) in [5.41, 5.74) is 0.327. The molecule has 1 unspecified atom stereocenters. The molecule has 1 aromatic heterocycles. The normalized spacial score (nSPS) is 18.6. The first-order valence-corrected chi connectivity index (χ1v) is 9.69. The number of carbonyl (C=O) groups is 1. The predicted molar refractivity (Wildman–Crippen MR) is 98.8 cm³/mol. The van der Waals surface area contributed by atoms with Crippen molar-refractivity contribution in [3.05, 3.63) is 11.9 Å². The molecule has 2 rings (SSSR count). The first kappa shape index (κ1) is 20.8. The molecule has 8 heteroatoms. The Morgan fingerprint density at radius 1 is 1.35 bits per heavy atom. The van der Waals surface area contributed by atoms with E-state index < -0.39 is 0 Å². The molecule has 1 aromatic rings. The van der Waals surface area contributed by atoms with Crippen molar-refractivity contribution in [2.45, 2.75) is 59.4 Å². The van der Waals surface area contributed by atoms with E-state index in [1.54, 1.807) is 10.9 Å². The minimum absolute atomic E-state index is 0.178. The third-order valence-electron chi connectivity index (χ3n) is 4.64. The summed E-state index contributed by atoms with van der Waals surface area (Å²) in [6.45, 7) is 12.7. The molecular weight excluding hydrogens is 334 g/mol. The van der Waals surface area contributed by atoms with Crippen molar-refractivity contribution < 1.29 is 14.3 Å². The lowest BCUT2D eigenvalue weighted by Gasteiger charge is -2.35. The number of amides is 1. The van der Waals surface area contributed by atoms with E-state index in [4.69, 9.17) is 9.47 Å². The average Bonchev–Trinajstić information content (AvgIpc) is 3.09. The van der Waals surface area contributed by atoms with Gasteiger partial charge in [0.05, 0.1) is 12.7 Å². The fraction of sp³-hybridized carbons (Fsp3) is 0.833. The van der Waals surface area contributed by atoms with Gasteiger partial charge in [-0.15, -0.1) is 5.10 Å². The lowest BCUT2D eigenvalue weighted by Crippen LogP contribution is -2.43. The number of nitrogens with zero attached hydrogens (tertiary/aromatic N) is 4. The SMILES string of the molecule is CCOC(Cn1cc(C(=O)NCC2CCCN(C(C)C)C2)nn1)OCC. The van der Waals surface area contributed by atoms with Gasteiger partial charge in [0.25, 0.3) is 5.91 Å². The van der Waals surface area contributed by atoms with Crippen LogP contribution in [0.5, 0.6) is 0 Å². The number of likely N-dealkylation sites (tertiary alicyclic amines) is 1. The highest BCUT2D eigenvalue weighted by molar-refractivity contribution is 5.91. The van der Waals surface area contributed by atoms with Gasteiger partial charge in [0.2, 0.25) is 0 Å². The smallest absolute Gasteiger partial charge is 0.273 e. The summed E-state index contributed by atoms with van der Waals surface area (Å²) in [5.74, 6) is 0.313. The summed E-state index contributed by atoms with van der Waals surface area (Å²) in [6.07, 6.45) is 3.60. The van der Waals surface area contributed by atoms with Crippen molar-refractivity contribution in [2.75, 3.05) is 32.8 Å². The van der Waals surface area contributed by atoms with Crippen LogP contribution in [0.25, 0.3) is 0 Å². The molecule has 1 saturated heterocycles. The second kappa shape index (κ2) is 10.6. The van der Waals surface area contributed by atoms with Crippen LogP contribution in [0.3, 0.4) is 0 Å². The highest BCUT2D eigenvalue weighted by Gasteiger charge is 2.22. The molecule has 1 aliphatic heterocycles. The Bertz CT molecular complexity index is 543. The molecule has 8 nitrogen and oxygen atoms in total. The van der Waals surface area contributed by atoms with Gasteiger partial charge in [-0.2, -0.15) is 0 Å². The van der Waals surface area contributed by atoms with Crippen molar-refractivity contribution >= 4 is 5.91 Å². The Hall–Kier alpha value is -1.51. The van der Waals surface area contributed by atoms with Crippen molar-refractivity contribution in [1.82, 2.24) is 25.2 Å². The largest absolute Gasteiger partial charge is 0.351 e. The average molecular weight is 367 g/mol. The van der Waals surface area contributed by atoms with E-state index in [0.29, 0.717) is 44.0 Å². The molecule has 0 bridgehead atoms. The molecule has 0 aliphatic carbocycles. The van der Waals surface area contributed by atoms with Crippen LogP contribution < -0.4 is 5.32 Å². The molecule has 1 fully saturated rings. The van der Waals surface area contributed by atoms with Crippen LogP contribution >= 0.6 is 0 Å². The second-order valence-corrected chi connectivity index (χ2v) is 6.97. The summed E-state index contributed by atoms with van der Waals surface area (Å²) < 4.78 is 12.6. The molecule has 0 aromatic carbocycles. The molecule has 0 spiro atoms. The Morgan fingerprint density at radius 2 is 2.08 bits per heavy atom. The maximum atomic E-state index is 12.4. The summed E-state index contributed by atoms with van der Waals surface area (Å²) in [4.78, 5) is 14.8. The number of carbonyl (C=O) groups excluding carboxylic acids is 1. The van der Waals surface area contributed by atoms with Crippen LogP contribution in [0.15, 0.2) is 6.20 Å². The van der Waals surface area contributed by atoms with Crippen LogP contribution in [0.1, 0.15) is 51.0 Å². The van der Waals surface area contributed by atoms with Gasteiger partial charge in [0.1, 0.15) is 0 Å². The molecule has 0 radical (unpaired) electrons. The van der Waals surface area contributed by atoms with Crippen molar-refractivity contribution in [2.24, 2.45) is 5.92 Å². The van der Waals surface area contributed by atoms with Crippen molar-refractivity contribution in [3.63, 3.8) is 0 Å². The molecule has 1 amide bonds. The quantitative estimate of drug-likeness (QED) is 0.632. The maximum Gasteiger partial charge on any atom is 0.273 e. The number of piperidine rings is 1. The van der Waals surface area contributed by atoms with Gasteiger partial charge in [-0.05, 0) is 53.0 Å². The van der Waals surface area contributed by atoms with E-state index in [-0.39, 0.29) is 12.2 Å². The monoisotopic (exact) mass is 367 g/mol. The number of hydrogen-bond acceptors (Lipinski definition) is 6. The Balaban J connectivity index is 1.81. The molecule has 1 atom stereocenters. The zero-order chi connectivity index (χ0) is 18.9. The van der Waals surface area contributed by atoms with Gasteiger partial charge in [0.15, 0.2) is 12.0 Å². The number of rotatable bonds is 10. The van der Waals surface area contributed by atoms with E-state index in [1.165, 1.54) is 6.42 Å². The molecular formula is C18H33N5O3. The second-order valence-electron chi connectivity index (χ2n) is 6.97. The Morgan fingerprint density at radius 3 is 2.73 bits per heavy atom. The summed E-state index contributed by atoms with van der Waals surface area (Å²) in [5, 5.41) is 11.0. The number of aromatic nitrogens is 3. The third-order valence-corrected chi connectivity index (χ3v) is 4.64. The highest BCUT2D eigenvalue weighted by Crippen LogP contribution is 2.17. The van der Waals surface area contributed by atoms with Crippen LogP contribution in [-0.4, -0.2) is 71.0 Å². The van der Waals surface area contributed by atoms with Gasteiger partial charge in [0, 0.05) is 32.3 Å². The molecule has 26 heavy (non-hydrogen) atoms. The fourth-order valence-electron chi connectivity index (χ4n) is 3.23. The number of ether oxygens (including phenoxy) is 2. The highest BCUT2D eigenvalue weighted by atomic mass is 16.7.